The van der Waals surface area contributed by atoms with Crippen LogP contribution >= 0.6 is 15.9 Å². The Balaban J connectivity index is 2.66. The van der Waals surface area contributed by atoms with Crippen LogP contribution in [0.2, 0.25) is 0 Å². The SMILES string of the molecule is CCc1ccc([C@H](Br)CC(C)C)cc1. The molecular weight excluding hydrogens is 236 g/mol. The van der Waals surface area contributed by atoms with Crippen molar-refractivity contribution in [2.24, 2.45) is 5.92 Å². The van der Waals surface area contributed by atoms with Gasteiger partial charge in [-0.2, -0.15) is 0 Å². The summed E-state index contributed by atoms with van der Waals surface area (Å²) in [6.07, 6.45) is 2.32. The van der Waals surface area contributed by atoms with Gasteiger partial charge in [0.05, 0.1) is 0 Å². The molecule has 0 radical (unpaired) electrons. The maximum absolute atomic E-state index is 3.73. The normalized spacial score (nSPS) is 13.2. The van der Waals surface area contributed by atoms with E-state index in [1.54, 1.807) is 0 Å². The summed E-state index contributed by atoms with van der Waals surface area (Å²) in [5, 5.41) is 0. The number of hydrogen-bond donors (Lipinski definition) is 0. The first-order chi connectivity index (χ1) is 6.63. The van der Waals surface area contributed by atoms with Crippen molar-refractivity contribution in [3.63, 3.8) is 0 Å². The second-order valence-electron chi connectivity index (χ2n) is 4.19. The van der Waals surface area contributed by atoms with Gasteiger partial charge in [0.2, 0.25) is 0 Å². The lowest BCUT2D eigenvalue weighted by atomic mass is 10.0. The van der Waals surface area contributed by atoms with Crippen LogP contribution < -0.4 is 0 Å². The highest BCUT2D eigenvalue weighted by Gasteiger charge is 2.08. The van der Waals surface area contributed by atoms with Crippen LogP contribution in [0, 0.1) is 5.92 Å². The first-order valence-corrected chi connectivity index (χ1v) is 6.28. The van der Waals surface area contributed by atoms with Crippen LogP contribution in [0.5, 0.6) is 0 Å². The Kier molecular flexibility index (Phi) is 4.67. The molecule has 0 saturated carbocycles. The summed E-state index contributed by atoms with van der Waals surface area (Å²) < 4.78 is 0. The molecule has 1 heteroatoms. The van der Waals surface area contributed by atoms with Crippen LogP contribution in [0.4, 0.5) is 0 Å². The summed E-state index contributed by atoms with van der Waals surface area (Å²) in [4.78, 5) is 0.508. The van der Waals surface area contributed by atoms with E-state index in [4.69, 9.17) is 0 Å². The second kappa shape index (κ2) is 5.55. The second-order valence-corrected chi connectivity index (χ2v) is 5.30. The highest BCUT2D eigenvalue weighted by Crippen LogP contribution is 2.29. The Morgan fingerprint density at radius 1 is 1.14 bits per heavy atom. The molecule has 1 rings (SSSR count). The van der Waals surface area contributed by atoms with Crippen LogP contribution in [0.25, 0.3) is 0 Å². The molecule has 14 heavy (non-hydrogen) atoms. The Hall–Kier alpha value is -0.300. The van der Waals surface area contributed by atoms with E-state index in [0.29, 0.717) is 4.83 Å². The molecule has 1 aromatic carbocycles. The summed E-state index contributed by atoms with van der Waals surface area (Å²) in [5.74, 6) is 0.741. The highest BCUT2D eigenvalue weighted by molar-refractivity contribution is 9.09. The first kappa shape index (κ1) is 11.8. The maximum atomic E-state index is 3.73. The van der Waals surface area contributed by atoms with E-state index in [1.807, 2.05) is 0 Å². The first-order valence-electron chi connectivity index (χ1n) is 5.36. The van der Waals surface area contributed by atoms with Gasteiger partial charge in [-0.05, 0) is 29.9 Å². The van der Waals surface area contributed by atoms with Gasteiger partial charge in [0.15, 0.2) is 0 Å². The standard InChI is InChI=1S/C13H19Br/c1-4-11-5-7-12(8-6-11)13(14)9-10(2)3/h5-8,10,13H,4,9H2,1-3H3/t13-/m1/s1. The summed E-state index contributed by atoms with van der Waals surface area (Å²) in [6, 6.07) is 8.93. The number of hydrogen-bond acceptors (Lipinski definition) is 0. The van der Waals surface area contributed by atoms with Crippen molar-refractivity contribution >= 4 is 15.9 Å². The lowest BCUT2D eigenvalue weighted by molar-refractivity contribution is 0.583. The van der Waals surface area contributed by atoms with Crippen LogP contribution in [0.1, 0.15) is 43.1 Å². The minimum Gasteiger partial charge on any atom is -0.0839 e. The van der Waals surface area contributed by atoms with Crippen LogP contribution in [-0.2, 0) is 6.42 Å². The van der Waals surface area contributed by atoms with Gasteiger partial charge < -0.3 is 0 Å². The molecule has 0 N–H and O–H groups in total. The molecule has 0 fully saturated rings. The summed E-state index contributed by atoms with van der Waals surface area (Å²) >= 11 is 3.73. The fourth-order valence-electron chi connectivity index (χ4n) is 1.51. The third-order valence-corrected chi connectivity index (χ3v) is 3.33. The summed E-state index contributed by atoms with van der Waals surface area (Å²) in [5.41, 5.74) is 2.81. The molecule has 0 aliphatic heterocycles. The highest BCUT2D eigenvalue weighted by atomic mass is 79.9. The summed E-state index contributed by atoms with van der Waals surface area (Å²) in [7, 11) is 0. The van der Waals surface area contributed by atoms with Gasteiger partial charge in [0.1, 0.15) is 0 Å². The monoisotopic (exact) mass is 254 g/mol. The number of rotatable bonds is 4. The quantitative estimate of drug-likeness (QED) is 0.682. The number of aryl methyl sites for hydroxylation is 1. The molecule has 1 atom stereocenters. The van der Waals surface area contributed by atoms with Gasteiger partial charge >= 0.3 is 0 Å². The molecule has 0 aliphatic rings. The van der Waals surface area contributed by atoms with Crippen LogP contribution in [0.3, 0.4) is 0 Å². The average Bonchev–Trinajstić information content (AvgIpc) is 2.17. The van der Waals surface area contributed by atoms with Crippen molar-refractivity contribution in [2.45, 2.75) is 38.4 Å². The van der Waals surface area contributed by atoms with E-state index in [2.05, 4.69) is 61.0 Å². The molecule has 0 amide bonds. The Morgan fingerprint density at radius 2 is 1.71 bits per heavy atom. The molecule has 0 aromatic heterocycles. The predicted molar refractivity (Wildman–Crippen MR) is 66.9 cm³/mol. The minimum absolute atomic E-state index is 0.508. The van der Waals surface area contributed by atoms with E-state index in [-0.39, 0.29) is 0 Å². The lowest BCUT2D eigenvalue weighted by Crippen LogP contribution is -1.96. The zero-order chi connectivity index (χ0) is 10.6. The van der Waals surface area contributed by atoms with Crippen molar-refractivity contribution in [1.29, 1.82) is 0 Å². The van der Waals surface area contributed by atoms with Gasteiger partial charge in [-0.15, -0.1) is 0 Å². The molecule has 0 heterocycles. The van der Waals surface area contributed by atoms with Crippen LogP contribution in [0.15, 0.2) is 24.3 Å². The fourth-order valence-corrected chi connectivity index (χ4v) is 2.56. The lowest BCUT2D eigenvalue weighted by Gasteiger charge is -2.12. The van der Waals surface area contributed by atoms with Crippen molar-refractivity contribution in [3.05, 3.63) is 35.4 Å². The van der Waals surface area contributed by atoms with E-state index in [1.165, 1.54) is 17.5 Å². The zero-order valence-corrected chi connectivity index (χ0v) is 10.8. The predicted octanol–water partition coefficient (Wildman–Crippen LogP) is 4.73. The van der Waals surface area contributed by atoms with E-state index in [9.17, 15) is 0 Å². The minimum atomic E-state index is 0.508. The molecule has 0 aliphatic carbocycles. The van der Waals surface area contributed by atoms with Crippen molar-refractivity contribution < 1.29 is 0 Å². The van der Waals surface area contributed by atoms with Crippen molar-refractivity contribution in [3.8, 4) is 0 Å². The smallest absolute Gasteiger partial charge is 0.0397 e. The fraction of sp³-hybridized carbons (Fsp3) is 0.538. The molecule has 1 aromatic rings. The molecule has 78 valence electrons. The third kappa shape index (κ3) is 3.45. The Labute approximate surface area is 95.9 Å². The summed E-state index contributed by atoms with van der Waals surface area (Å²) in [6.45, 7) is 6.71. The molecule has 0 spiro atoms. The van der Waals surface area contributed by atoms with Gasteiger partial charge in [0, 0.05) is 4.83 Å². The van der Waals surface area contributed by atoms with E-state index < -0.39 is 0 Å². The largest absolute Gasteiger partial charge is 0.0839 e. The molecule has 0 bridgehead atoms. The topological polar surface area (TPSA) is 0 Å². The number of benzene rings is 1. The third-order valence-electron chi connectivity index (χ3n) is 2.43. The van der Waals surface area contributed by atoms with Gasteiger partial charge in [-0.25, -0.2) is 0 Å². The van der Waals surface area contributed by atoms with Crippen molar-refractivity contribution in [2.75, 3.05) is 0 Å². The number of halogens is 1. The number of alkyl halides is 1. The molecule has 0 unspecified atom stereocenters. The van der Waals surface area contributed by atoms with E-state index >= 15 is 0 Å². The zero-order valence-electron chi connectivity index (χ0n) is 9.26. The van der Waals surface area contributed by atoms with Crippen molar-refractivity contribution in [1.82, 2.24) is 0 Å². The molecule has 0 nitrogen and oxygen atoms in total. The van der Waals surface area contributed by atoms with Crippen LogP contribution in [-0.4, -0.2) is 0 Å². The Morgan fingerprint density at radius 3 is 2.14 bits per heavy atom. The molecular formula is C13H19Br. The van der Waals surface area contributed by atoms with E-state index in [0.717, 1.165) is 12.3 Å². The Bertz CT molecular complexity index is 261. The maximum Gasteiger partial charge on any atom is 0.0397 e. The molecule has 0 saturated heterocycles. The van der Waals surface area contributed by atoms with Gasteiger partial charge in [-0.3, -0.25) is 0 Å². The van der Waals surface area contributed by atoms with Gasteiger partial charge in [-0.1, -0.05) is 61.0 Å². The average molecular weight is 255 g/mol. The van der Waals surface area contributed by atoms with Gasteiger partial charge in [0.25, 0.3) is 0 Å².